The molecule has 1 fully saturated rings. The predicted molar refractivity (Wildman–Crippen MR) is 74.7 cm³/mol. The third kappa shape index (κ3) is 2.03. The smallest absolute Gasteiger partial charge is 0.272 e. The molecule has 0 spiro atoms. The highest BCUT2D eigenvalue weighted by atomic mass is 32.1. The van der Waals surface area contributed by atoms with Gasteiger partial charge in [-0.05, 0) is 31.2 Å². The van der Waals surface area contributed by atoms with E-state index in [0.717, 1.165) is 0 Å². The highest BCUT2D eigenvalue weighted by Crippen LogP contribution is 2.21. The van der Waals surface area contributed by atoms with Crippen LogP contribution in [0.2, 0.25) is 0 Å². The van der Waals surface area contributed by atoms with Crippen LogP contribution in [0, 0.1) is 6.92 Å². The molecule has 0 saturated carbocycles. The van der Waals surface area contributed by atoms with Crippen LogP contribution in [0.15, 0.2) is 16.2 Å². The normalized spacial score (nSPS) is 19.9. The first-order valence-electron chi connectivity index (χ1n) is 6.38. The first-order chi connectivity index (χ1) is 9.58. The fraction of sp³-hybridized carbons (Fsp3) is 0.385. The van der Waals surface area contributed by atoms with Crippen LogP contribution in [-0.2, 0) is 9.59 Å². The van der Waals surface area contributed by atoms with E-state index in [1.807, 2.05) is 0 Å². The summed E-state index contributed by atoms with van der Waals surface area (Å²) >= 11 is 1.31. The maximum atomic E-state index is 12.5. The Bertz CT molecular complexity index is 762. The second kappa shape index (κ2) is 4.82. The van der Waals surface area contributed by atoms with E-state index < -0.39 is 11.9 Å². The zero-order valence-electron chi connectivity index (χ0n) is 10.9. The molecule has 3 heterocycles. The molecule has 7 heteroatoms. The van der Waals surface area contributed by atoms with Crippen molar-refractivity contribution < 1.29 is 9.59 Å². The third-order valence-corrected chi connectivity index (χ3v) is 4.34. The van der Waals surface area contributed by atoms with Gasteiger partial charge in [-0.25, -0.2) is 4.98 Å². The van der Waals surface area contributed by atoms with Crippen LogP contribution in [0.5, 0.6) is 0 Å². The number of hydrogen-bond donors (Lipinski definition) is 1. The van der Waals surface area contributed by atoms with Gasteiger partial charge in [-0.3, -0.25) is 24.3 Å². The summed E-state index contributed by atoms with van der Waals surface area (Å²) in [5.41, 5.74) is 0.441. The molecular formula is C13H13N3O3S. The molecular weight excluding hydrogens is 278 g/mol. The van der Waals surface area contributed by atoms with Gasteiger partial charge in [-0.2, -0.15) is 0 Å². The highest BCUT2D eigenvalue weighted by molar-refractivity contribution is 7.17. The van der Waals surface area contributed by atoms with E-state index >= 15 is 0 Å². The Kier molecular flexibility index (Phi) is 3.13. The maximum Gasteiger partial charge on any atom is 0.272 e. The lowest BCUT2D eigenvalue weighted by Gasteiger charge is -2.18. The molecule has 2 aromatic rings. The number of fused-ring (bicyclic) bond motifs is 1. The fourth-order valence-corrected chi connectivity index (χ4v) is 3.29. The minimum Gasteiger partial charge on any atom is -0.295 e. The first-order valence-corrected chi connectivity index (χ1v) is 7.26. The van der Waals surface area contributed by atoms with Crippen molar-refractivity contribution in [1.82, 2.24) is 14.9 Å². The molecule has 1 aliphatic rings. The molecule has 0 radical (unpaired) electrons. The number of hydrogen-bond acceptors (Lipinski definition) is 5. The van der Waals surface area contributed by atoms with Gasteiger partial charge in [0.2, 0.25) is 11.8 Å². The number of carbonyl (C=O) groups is 2. The number of carbonyl (C=O) groups excluding carboxylic acids is 2. The number of amides is 2. The van der Waals surface area contributed by atoms with Crippen molar-refractivity contribution in [3.8, 4) is 0 Å². The van der Waals surface area contributed by atoms with E-state index in [0.29, 0.717) is 35.3 Å². The summed E-state index contributed by atoms with van der Waals surface area (Å²) in [5.74, 6) is -0.209. The van der Waals surface area contributed by atoms with E-state index in [-0.39, 0.29) is 11.5 Å². The number of rotatable bonds is 1. The minimum absolute atomic E-state index is 0.211. The monoisotopic (exact) mass is 291 g/mol. The standard InChI is InChI=1S/C13H13N3O3S/c1-7-14-8-5-6-20-11(8)13(19)16(7)9-3-2-4-10(17)15-12(9)18/h5-6,9H,2-4H2,1H3,(H,15,17,18)/t9-/m0/s1. The number of nitrogens with one attached hydrogen (secondary N) is 1. The summed E-state index contributed by atoms with van der Waals surface area (Å²) in [4.78, 5) is 40.3. The Balaban J connectivity index is 2.15. The second-order valence-corrected chi connectivity index (χ2v) is 5.71. The van der Waals surface area contributed by atoms with Crippen LogP contribution in [-0.4, -0.2) is 21.4 Å². The fourth-order valence-electron chi connectivity index (χ4n) is 2.52. The van der Waals surface area contributed by atoms with Crippen LogP contribution >= 0.6 is 11.3 Å². The van der Waals surface area contributed by atoms with Crippen LogP contribution < -0.4 is 10.9 Å². The zero-order valence-corrected chi connectivity index (χ0v) is 11.7. The molecule has 1 atom stereocenters. The maximum absolute atomic E-state index is 12.5. The van der Waals surface area contributed by atoms with Crippen LogP contribution in [0.25, 0.3) is 10.2 Å². The number of aromatic nitrogens is 2. The van der Waals surface area contributed by atoms with Crippen molar-refractivity contribution in [2.75, 3.05) is 0 Å². The summed E-state index contributed by atoms with van der Waals surface area (Å²) in [6, 6.07) is 1.13. The van der Waals surface area contributed by atoms with Crippen LogP contribution in [0.1, 0.15) is 31.1 Å². The minimum atomic E-state index is -0.659. The molecule has 6 nitrogen and oxygen atoms in total. The molecule has 0 aromatic carbocycles. The van der Waals surface area contributed by atoms with Crippen molar-refractivity contribution in [2.45, 2.75) is 32.2 Å². The summed E-state index contributed by atoms with van der Waals surface area (Å²) in [6.45, 7) is 1.71. The Morgan fingerprint density at radius 3 is 3.00 bits per heavy atom. The quantitative estimate of drug-likeness (QED) is 0.799. The highest BCUT2D eigenvalue weighted by Gasteiger charge is 2.28. The second-order valence-electron chi connectivity index (χ2n) is 4.79. The molecule has 3 rings (SSSR count). The number of aryl methyl sites for hydroxylation is 1. The van der Waals surface area contributed by atoms with Gasteiger partial charge in [-0.1, -0.05) is 0 Å². The number of nitrogens with zero attached hydrogens (tertiary/aromatic N) is 2. The molecule has 0 aliphatic carbocycles. The molecule has 2 amide bonds. The van der Waals surface area contributed by atoms with Gasteiger partial charge in [0.05, 0.1) is 5.52 Å². The lowest BCUT2D eigenvalue weighted by molar-refractivity contribution is -0.131. The van der Waals surface area contributed by atoms with Crippen molar-refractivity contribution >= 4 is 33.4 Å². The first kappa shape index (κ1) is 13.0. The summed E-state index contributed by atoms with van der Waals surface area (Å²) in [5, 5.41) is 4.13. The van der Waals surface area contributed by atoms with Gasteiger partial charge in [-0.15, -0.1) is 11.3 Å². The van der Waals surface area contributed by atoms with Crippen molar-refractivity contribution in [1.29, 1.82) is 0 Å². The van der Waals surface area contributed by atoms with E-state index in [1.54, 1.807) is 18.4 Å². The van der Waals surface area contributed by atoms with Gasteiger partial charge >= 0.3 is 0 Å². The molecule has 1 N–H and O–H groups in total. The van der Waals surface area contributed by atoms with E-state index in [9.17, 15) is 14.4 Å². The molecule has 104 valence electrons. The third-order valence-electron chi connectivity index (χ3n) is 3.45. The van der Waals surface area contributed by atoms with Crippen molar-refractivity contribution in [3.05, 3.63) is 27.6 Å². The molecule has 20 heavy (non-hydrogen) atoms. The largest absolute Gasteiger partial charge is 0.295 e. The molecule has 1 aliphatic heterocycles. The lowest BCUT2D eigenvalue weighted by atomic mass is 10.1. The summed E-state index contributed by atoms with van der Waals surface area (Å²) in [7, 11) is 0. The van der Waals surface area contributed by atoms with E-state index in [2.05, 4.69) is 10.3 Å². The predicted octanol–water partition coefficient (Wildman–Crippen LogP) is 1.13. The van der Waals surface area contributed by atoms with Crippen molar-refractivity contribution in [2.24, 2.45) is 0 Å². The van der Waals surface area contributed by atoms with Gasteiger partial charge in [0.15, 0.2) is 0 Å². The zero-order chi connectivity index (χ0) is 14.3. The molecule has 2 aromatic heterocycles. The number of imide groups is 1. The van der Waals surface area contributed by atoms with Crippen molar-refractivity contribution in [3.63, 3.8) is 0 Å². The Morgan fingerprint density at radius 1 is 1.40 bits per heavy atom. The SMILES string of the molecule is Cc1nc2ccsc2c(=O)n1[C@H]1CCCC(=O)NC1=O. The molecule has 0 unspecified atom stereocenters. The Hall–Kier alpha value is -2.02. The van der Waals surface area contributed by atoms with E-state index in [4.69, 9.17) is 0 Å². The lowest BCUT2D eigenvalue weighted by Crippen LogP contribution is -2.39. The average molecular weight is 291 g/mol. The van der Waals surface area contributed by atoms with Gasteiger partial charge in [0.1, 0.15) is 16.6 Å². The van der Waals surface area contributed by atoms with E-state index in [1.165, 1.54) is 15.9 Å². The topological polar surface area (TPSA) is 81.1 Å². The average Bonchev–Trinajstić information content (AvgIpc) is 2.78. The number of thiophene rings is 1. The summed E-state index contributed by atoms with van der Waals surface area (Å²) < 4.78 is 1.95. The van der Waals surface area contributed by atoms with Crippen LogP contribution in [0.3, 0.4) is 0 Å². The summed E-state index contributed by atoms with van der Waals surface area (Å²) in [6.07, 6.45) is 1.36. The molecule has 1 saturated heterocycles. The Labute approximate surface area is 118 Å². The molecule has 0 bridgehead atoms. The van der Waals surface area contributed by atoms with Gasteiger partial charge in [0, 0.05) is 6.42 Å². The van der Waals surface area contributed by atoms with Crippen LogP contribution in [0.4, 0.5) is 0 Å². The van der Waals surface area contributed by atoms with Gasteiger partial charge < -0.3 is 0 Å². The Morgan fingerprint density at radius 2 is 2.20 bits per heavy atom. The van der Waals surface area contributed by atoms with Gasteiger partial charge in [0.25, 0.3) is 5.56 Å².